The molecule has 4 rings (SSSR count). The van der Waals surface area contributed by atoms with E-state index < -0.39 is 17.9 Å². The molecule has 0 bridgehead atoms. The smallest absolute Gasteiger partial charge is 0.336 e. The topological polar surface area (TPSA) is 98.8 Å². The molecule has 0 radical (unpaired) electrons. The van der Waals surface area contributed by atoms with Crippen LogP contribution in [0, 0.1) is 5.92 Å². The molecule has 226 valence electrons. The van der Waals surface area contributed by atoms with Crippen molar-refractivity contribution in [1.82, 2.24) is 15.1 Å². The zero-order chi connectivity index (χ0) is 29.4. The van der Waals surface area contributed by atoms with Gasteiger partial charge in [0.15, 0.2) is 0 Å². The quantitative estimate of drug-likeness (QED) is 0.296. The molecule has 1 N–H and O–H groups in total. The summed E-state index contributed by atoms with van der Waals surface area (Å²) in [6, 6.07) is 4.92. The molecule has 0 amide bonds. The molecule has 3 aliphatic heterocycles. The van der Waals surface area contributed by atoms with Crippen molar-refractivity contribution in [2.24, 2.45) is 5.92 Å². The molecular weight excluding hydrogens is 573 g/mol. The first-order valence-electron chi connectivity index (χ1n) is 14.0. The van der Waals surface area contributed by atoms with Crippen molar-refractivity contribution in [3.63, 3.8) is 0 Å². The summed E-state index contributed by atoms with van der Waals surface area (Å²) in [6.07, 6.45) is -0.341. The highest BCUT2D eigenvalue weighted by atomic mass is 35.5. The van der Waals surface area contributed by atoms with Crippen LogP contribution in [0.3, 0.4) is 0 Å². The van der Waals surface area contributed by atoms with E-state index in [0.29, 0.717) is 77.9 Å². The molecule has 12 heteroatoms. The molecule has 0 aromatic heterocycles. The molecule has 0 aliphatic carbocycles. The van der Waals surface area contributed by atoms with E-state index in [1.54, 1.807) is 25.1 Å². The molecule has 3 aliphatic rings. The predicted octanol–water partition coefficient (Wildman–Crippen LogP) is 3.28. The molecule has 3 heterocycles. The van der Waals surface area contributed by atoms with E-state index in [1.165, 1.54) is 0 Å². The van der Waals surface area contributed by atoms with Crippen LogP contribution in [0.4, 0.5) is 0 Å². The van der Waals surface area contributed by atoms with Crippen LogP contribution in [0.25, 0.3) is 0 Å². The van der Waals surface area contributed by atoms with Crippen molar-refractivity contribution in [3.8, 4) is 5.75 Å². The number of morpholine rings is 2. The summed E-state index contributed by atoms with van der Waals surface area (Å²) in [7, 11) is 0. The van der Waals surface area contributed by atoms with Gasteiger partial charge in [0.2, 0.25) is 0 Å². The zero-order valence-electron chi connectivity index (χ0n) is 23.9. The van der Waals surface area contributed by atoms with Crippen LogP contribution < -0.4 is 10.1 Å². The molecule has 2 fully saturated rings. The Morgan fingerprint density at radius 2 is 1.46 bits per heavy atom. The van der Waals surface area contributed by atoms with Gasteiger partial charge in [0, 0.05) is 62.6 Å². The maximum Gasteiger partial charge on any atom is 0.336 e. The van der Waals surface area contributed by atoms with E-state index in [4.69, 9.17) is 46.9 Å². The second-order valence-electron chi connectivity index (χ2n) is 10.3. The van der Waals surface area contributed by atoms with Gasteiger partial charge in [-0.1, -0.05) is 30.1 Å². The maximum atomic E-state index is 13.6. The Balaban J connectivity index is 1.36. The Bertz CT molecular complexity index is 1130. The van der Waals surface area contributed by atoms with Crippen LogP contribution >= 0.6 is 23.2 Å². The average Bonchev–Trinajstić information content (AvgIpc) is 2.94. The molecular formula is C29H39Cl2N3O7. The zero-order valence-corrected chi connectivity index (χ0v) is 25.4. The summed E-state index contributed by atoms with van der Waals surface area (Å²) >= 11 is 12.0. The molecule has 2 saturated heterocycles. The summed E-state index contributed by atoms with van der Waals surface area (Å²) in [5.41, 5.74) is 2.11. The minimum Gasteiger partial charge on any atom is -0.490 e. The van der Waals surface area contributed by atoms with E-state index in [9.17, 15) is 9.59 Å². The number of allylic oxidation sites excluding steroid dienone is 2. The lowest BCUT2D eigenvalue weighted by Gasteiger charge is -2.35. The Labute approximate surface area is 251 Å². The standard InChI is InChI=1S/C29H39Cl2N3O7/c1-19-26(28(35)40-15-14-39-22-4-5-24(30)25(31)16-22)20(2)32-21(3)27(19)29(36)41-23(17-33-6-10-37-11-7-33)18-34-8-12-38-13-9-34/h4-5,16,19,23,32H,6-15,17-18H2,1-3H3/t19-/m0/s1. The van der Waals surface area contributed by atoms with Gasteiger partial charge in [-0.3, -0.25) is 9.80 Å². The van der Waals surface area contributed by atoms with E-state index in [2.05, 4.69) is 15.1 Å². The van der Waals surface area contributed by atoms with Crippen molar-refractivity contribution in [2.45, 2.75) is 26.9 Å². The van der Waals surface area contributed by atoms with Crippen LogP contribution in [0.2, 0.25) is 10.0 Å². The fourth-order valence-corrected chi connectivity index (χ4v) is 5.59. The van der Waals surface area contributed by atoms with Crippen molar-refractivity contribution in [1.29, 1.82) is 0 Å². The highest BCUT2D eigenvalue weighted by Crippen LogP contribution is 2.31. The lowest BCUT2D eigenvalue weighted by molar-refractivity contribution is -0.148. The number of hydrogen-bond acceptors (Lipinski definition) is 10. The first-order chi connectivity index (χ1) is 19.7. The number of dihydropyridines is 1. The summed E-state index contributed by atoms with van der Waals surface area (Å²) in [4.78, 5) is 31.3. The van der Waals surface area contributed by atoms with Gasteiger partial charge < -0.3 is 29.0 Å². The molecule has 10 nitrogen and oxygen atoms in total. The number of halogens is 2. The largest absolute Gasteiger partial charge is 0.490 e. The first-order valence-corrected chi connectivity index (χ1v) is 14.7. The van der Waals surface area contributed by atoms with Crippen LogP contribution in [-0.2, 0) is 28.5 Å². The Hall–Kier alpha value is -2.34. The Kier molecular flexibility index (Phi) is 11.7. The molecule has 0 spiro atoms. The number of benzene rings is 1. The number of carbonyl (C=O) groups excluding carboxylic acids is 2. The molecule has 1 aromatic rings. The number of ether oxygens (including phenoxy) is 5. The molecule has 0 saturated carbocycles. The van der Waals surface area contributed by atoms with Gasteiger partial charge in [-0.05, 0) is 26.0 Å². The number of nitrogens with one attached hydrogen (secondary N) is 1. The second kappa shape index (κ2) is 15.2. The van der Waals surface area contributed by atoms with Gasteiger partial charge >= 0.3 is 11.9 Å². The summed E-state index contributed by atoms with van der Waals surface area (Å²) in [5, 5.41) is 3.99. The molecule has 41 heavy (non-hydrogen) atoms. The number of nitrogens with zero attached hydrogens (tertiary/aromatic N) is 2. The Morgan fingerprint density at radius 1 is 0.902 bits per heavy atom. The van der Waals surface area contributed by atoms with Crippen LogP contribution in [0.5, 0.6) is 5.75 Å². The van der Waals surface area contributed by atoms with E-state index in [-0.39, 0.29) is 19.3 Å². The SMILES string of the molecule is CC1=C(C(=O)OCCOc2ccc(Cl)c(Cl)c2)[C@H](C)C(C(=O)OC(CN2CCOCC2)CN2CCOCC2)=C(C)N1. The third kappa shape index (κ3) is 8.83. The van der Waals surface area contributed by atoms with Gasteiger partial charge in [0.05, 0.1) is 47.6 Å². The van der Waals surface area contributed by atoms with Crippen LogP contribution in [0.15, 0.2) is 40.7 Å². The predicted molar refractivity (Wildman–Crippen MR) is 155 cm³/mol. The summed E-state index contributed by atoms with van der Waals surface area (Å²) in [6.45, 7) is 12.7. The van der Waals surface area contributed by atoms with Crippen LogP contribution in [0.1, 0.15) is 20.8 Å². The molecule has 1 aromatic carbocycles. The lowest BCUT2D eigenvalue weighted by atomic mass is 9.87. The number of hydrogen-bond donors (Lipinski definition) is 1. The van der Waals surface area contributed by atoms with E-state index in [1.807, 2.05) is 13.8 Å². The summed E-state index contributed by atoms with van der Waals surface area (Å²) in [5.74, 6) is -0.948. The molecule has 0 unspecified atom stereocenters. The monoisotopic (exact) mass is 611 g/mol. The fraction of sp³-hybridized carbons (Fsp3) is 0.586. The van der Waals surface area contributed by atoms with E-state index >= 15 is 0 Å². The Morgan fingerprint density at radius 3 is 2.02 bits per heavy atom. The lowest BCUT2D eigenvalue weighted by Crippen LogP contribution is -2.48. The van der Waals surface area contributed by atoms with Gasteiger partial charge in [0.1, 0.15) is 25.1 Å². The number of rotatable bonds is 11. The minimum atomic E-state index is -0.517. The van der Waals surface area contributed by atoms with Crippen molar-refractivity contribution >= 4 is 35.1 Å². The van der Waals surface area contributed by atoms with Crippen molar-refractivity contribution in [3.05, 3.63) is 50.8 Å². The van der Waals surface area contributed by atoms with Gasteiger partial charge in [-0.15, -0.1) is 0 Å². The number of esters is 2. The third-order valence-corrected chi connectivity index (χ3v) is 8.11. The van der Waals surface area contributed by atoms with Gasteiger partial charge in [-0.25, -0.2) is 9.59 Å². The van der Waals surface area contributed by atoms with Gasteiger partial charge in [-0.2, -0.15) is 0 Å². The number of carbonyl (C=O) groups is 2. The maximum absolute atomic E-state index is 13.6. The highest BCUT2D eigenvalue weighted by molar-refractivity contribution is 6.42. The first kappa shape index (κ1) is 31.6. The van der Waals surface area contributed by atoms with Crippen molar-refractivity contribution < 1.29 is 33.3 Å². The minimum absolute atomic E-state index is 0.0201. The van der Waals surface area contributed by atoms with E-state index in [0.717, 1.165) is 26.2 Å². The molecule has 1 atom stereocenters. The average molecular weight is 613 g/mol. The normalized spacial score (nSPS) is 20.7. The fourth-order valence-electron chi connectivity index (χ4n) is 5.30. The third-order valence-electron chi connectivity index (χ3n) is 7.37. The summed E-state index contributed by atoms with van der Waals surface area (Å²) < 4.78 is 28.3. The second-order valence-corrected chi connectivity index (χ2v) is 11.2. The van der Waals surface area contributed by atoms with Gasteiger partial charge in [0.25, 0.3) is 0 Å². The van der Waals surface area contributed by atoms with Crippen LogP contribution in [-0.4, -0.2) is 107 Å². The van der Waals surface area contributed by atoms with Crippen molar-refractivity contribution in [2.75, 3.05) is 78.9 Å². The highest BCUT2D eigenvalue weighted by Gasteiger charge is 2.35.